The number of nitrogens with zero attached hydrogens (tertiary/aromatic N) is 3. The Balaban J connectivity index is 0.000000190. The van der Waals surface area contributed by atoms with Crippen LogP contribution in [0.2, 0.25) is 0 Å². The second-order valence-corrected chi connectivity index (χ2v) is 7.34. The Bertz CT molecular complexity index is 1410. The normalized spacial score (nSPS) is 14.8. The standard InChI is InChI=1S/C11H8NS.C11H11N.C5H5N.Ir/c1-2-6-10-8(4-1)9-5-3-7-12-11(9)13-10;1-2-3-9-11(12)10-7-5-4-6-8-10;1-2-4-6-5-3-1;/h2-7H,1H2;2-5,7-9H,1,6H2;1-5H;/q-1;-2;;+3/b;9-3-;;/i;;1D,2D,3D,4D;. The summed E-state index contributed by atoms with van der Waals surface area (Å²) in [7, 11) is 0. The van der Waals surface area contributed by atoms with Crippen molar-refractivity contribution < 1.29 is 25.6 Å². The number of rotatable bonds is 3. The summed E-state index contributed by atoms with van der Waals surface area (Å²) in [6.45, 7) is 3.52. The molecule has 2 aliphatic rings. The second kappa shape index (κ2) is 14.2. The zero-order valence-corrected chi connectivity index (χ0v) is 20.5. The molecular formula is C27H24IrN3S. The molecule has 0 N–H and O–H groups in total. The monoisotopic (exact) mass is 619 g/mol. The van der Waals surface area contributed by atoms with Crippen molar-refractivity contribution >= 4 is 39.4 Å². The summed E-state index contributed by atoms with van der Waals surface area (Å²) in [5, 5.41) is 12.1. The molecule has 3 heterocycles. The van der Waals surface area contributed by atoms with Gasteiger partial charge in [0.1, 0.15) is 4.83 Å². The van der Waals surface area contributed by atoms with Gasteiger partial charge in [0.05, 0.1) is 5.48 Å². The third-order valence-electron chi connectivity index (χ3n) is 4.22. The van der Waals surface area contributed by atoms with Gasteiger partial charge in [-0.2, -0.15) is 12.5 Å². The van der Waals surface area contributed by atoms with E-state index in [0.29, 0.717) is 5.71 Å². The molecular weight excluding hydrogens is 591 g/mol. The predicted molar refractivity (Wildman–Crippen MR) is 135 cm³/mol. The molecule has 0 unspecified atom stereocenters. The van der Waals surface area contributed by atoms with E-state index in [1.807, 2.05) is 36.9 Å². The Kier molecular flexibility index (Phi) is 8.71. The van der Waals surface area contributed by atoms with Crippen LogP contribution in [0.1, 0.15) is 18.3 Å². The van der Waals surface area contributed by atoms with Crippen molar-refractivity contribution in [2.75, 3.05) is 0 Å². The molecule has 0 radical (unpaired) electrons. The Hall–Kier alpha value is -2.98. The number of hydrogen-bond acceptors (Lipinski definition) is 3. The molecule has 0 aliphatic heterocycles. The van der Waals surface area contributed by atoms with Crippen molar-refractivity contribution in [3.63, 3.8) is 0 Å². The number of pyridine rings is 2. The van der Waals surface area contributed by atoms with Crippen LogP contribution in [0.4, 0.5) is 0 Å². The molecule has 0 atom stereocenters. The van der Waals surface area contributed by atoms with Crippen LogP contribution < -0.4 is 9.75 Å². The first-order chi connectivity index (χ1) is 16.9. The van der Waals surface area contributed by atoms with Crippen molar-refractivity contribution in [2.24, 2.45) is 0 Å². The van der Waals surface area contributed by atoms with E-state index in [0.717, 1.165) is 29.4 Å². The molecule has 0 amide bonds. The van der Waals surface area contributed by atoms with E-state index >= 15 is 0 Å². The molecule has 3 aromatic heterocycles. The van der Waals surface area contributed by atoms with E-state index in [-0.39, 0.29) is 44.4 Å². The van der Waals surface area contributed by atoms with Gasteiger partial charge < -0.3 is 5.41 Å². The molecule has 2 aliphatic carbocycles. The van der Waals surface area contributed by atoms with Gasteiger partial charge in [-0.25, -0.2) is 34.4 Å². The van der Waals surface area contributed by atoms with Crippen LogP contribution >= 0.6 is 11.3 Å². The van der Waals surface area contributed by atoms with Crippen LogP contribution in [0.25, 0.3) is 27.8 Å². The van der Waals surface area contributed by atoms with Crippen LogP contribution in [-0.4, -0.2) is 15.7 Å². The molecule has 32 heavy (non-hydrogen) atoms. The van der Waals surface area contributed by atoms with Crippen LogP contribution in [0.3, 0.4) is 0 Å². The fourth-order valence-corrected chi connectivity index (χ4v) is 3.89. The molecule has 5 rings (SSSR count). The quantitative estimate of drug-likeness (QED) is 0.225. The molecule has 0 saturated carbocycles. The van der Waals surface area contributed by atoms with E-state index in [9.17, 15) is 5.41 Å². The second-order valence-electron chi connectivity index (χ2n) is 6.31. The minimum Gasteiger partial charge on any atom is -0.872 e. The van der Waals surface area contributed by atoms with Crippen molar-refractivity contribution in [2.45, 2.75) is 12.8 Å². The Labute approximate surface area is 212 Å². The van der Waals surface area contributed by atoms with Gasteiger partial charge >= 0.3 is 20.1 Å². The van der Waals surface area contributed by atoms with E-state index < -0.39 is 0 Å². The van der Waals surface area contributed by atoms with Gasteiger partial charge in [0, 0.05) is 18.6 Å². The third-order valence-corrected chi connectivity index (χ3v) is 5.31. The first kappa shape index (κ1) is 19.7. The van der Waals surface area contributed by atoms with E-state index in [2.05, 4.69) is 41.2 Å². The van der Waals surface area contributed by atoms with E-state index in [1.165, 1.54) is 15.1 Å². The number of thiophene rings is 1. The fourth-order valence-electron chi connectivity index (χ4n) is 2.82. The van der Waals surface area contributed by atoms with Crippen LogP contribution in [-0.2, 0) is 20.1 Å². The summed E-state index contributed by atoms with van der Waals surface area (Å²) >= 11 is 1.77. The van der Waals surface area contributed by atoms with Gasteiger partial charge in [0.2, 0.25) is 0 Å². The smallest absolute Gasteiger partial charge is 0.872 e. The molecule has 162 valence electrons. The summed E-state index contributed by atoms with van der Waals surface area (Å²) in [4.78, 5) is 8.91. The first-order valence-corrected chi connectivity index (χ1v) is 10.6. The minimum atomic E-state index is -0.285. The van der Waals surface area contributed by atoms with Crippen LogP contribution in [0.5, 0.6) is 0 Å². The van der Waals surface area contributed by atoms with Gasteiger partial charge in [0.15, 0.2) is 0 Å². The van der Waals surface area contributed by atoms with Gasteiger partial charge in [-0.3, -0.25) is 10.7 Å². The molecule has 0 saturated heterocycles. The van der Waals surface area contributed by atoms with Gasteiger partial charge in [-0.05, 0) is 23.5 Å². The Morgan fingerprint density at radius 3 is 2.94 bits per heavy atom. The summed E-state index contributed by atoms with van der Waals surface area (Å²) in [6, 6.07) is 3.52. The first-order valence-electron chi connectivity index (χ1n) is 11.7. The summed E-state index contributed by atoms with van der Waals surface area (Å²) in [5.74, 6) is 0. The van der Waals surface area contributed by atoms with E-state index in [1.54, 1.807) is 29.6 Å². The Morgan fingerprint density at radius 2 is 2.16 bits per heavy atom. The van der Waals surface area contributed by atoms with E-state index in [4.69, 9.17) is 5.48 Å². The van der Waals surface area contributed by atoms with Gasteiger partial charge in [0.25, 0.3) is 0 Å². The summed E-state index contributed by atoms with van der Waals surface area (Å²) in [5.41, 5.74) is 1.16. The van der Waals surface area contributed by atoms with Crippen LogP contribution in [0, 0.1) is 12.8 Å². The van der Waals surface area contributed by atoms with Crippen molar-refractivity contribution in [3.05, 3.63) is 125 Å². The molecule has 0 spiro atoms. The summed E-state index contributed by atoms with van der Waals surface area (Å²) < 4.78 is 29.4. The van der Waals surface area contributed by atoms with Crippen molar-refractivity contribution in [1.29, 1.82) is 0 Å². The maximum absolute atomic E-state index is 9.45. The maximum Gasteiger partial charge on any atom is 3.00 e. The fraction of sp³-hybridized carbons (Fsp3) is 0.0741. The molecule has 3 aromatic rings. The topological polar surface area (TPSA) is 48.1 Å². The molecule has 5 heteroatoms. The van der Waals surface area contributed by atoms with Crippen molar-refractivity contribution in [1.82, 2.24) is 9.97 Å². The van der Waals surface area contributed by atoms with Crippen LogP contribution in [0.15, 0.2) is 97.4 Å². The van der Waals surface area contributed by atoms with Crippen molar-refractivity contribution in [3.8, 4) is 0 Å². The zero-order valence-electron chi connectivity index (χ0n) is 21.3. The zero-order chi connectivity index (χ0) is 25.2. The Morgan fingerprint density at radius 1 is 1.25 bits per heavy atom. The molecule has 0 bridgehead atoms. The number of hydrogen-bond donors (Lipinski definition) is 0. The molecule has 3 nitrogen and oxygen atoms in total. The van der Waals surface area contributed by atoms with Gasteiger partial charge in [-0.15, -0.1) is 28.8 Å². The average Bonchev–Trinajstić information content (AvgIpc) is 3.28. The largest absolute Gasteiger partial charge is 3.00 e. The number of allylic oxidation sites excluding steroid dienone is 7. The minimum absolute atomic E-state index is 0. The summed E-state index contributed by atoms with van der Waals surface area (Å²) in [6.07, 6.45) is 24.1. The third kappa shape index (κ3) is 7.61. The predicted octanol–water partition coefficient (Wildman–Crippen LogP) is 5.37. The number of aromatic nitrogens is 2. The SMILES string of the molecule is C1=c2sc3ncccc3c2=CC[CH-]1.C=C/C=C\C(=[N-])C1=CC=CC[CH-]1.[2H]c1cnc([2H])c([2H])c1[2H].[Ir+3]. The maximum atomic E-state index is 9.45. The average molecular weight is 619 g/mol. The van der Waals surface area contributed by atoms with Gasteiger partial charge in [-0.1, -0.05) is 48.9 Å². The molecule has 0 aromatic carbocycles. The molecule has 0 fully saturated rings. The number of fused-ring (bicyclic) bond motifs is 3.